The molecule has 2 N–H and O–H groups in total. The number of aromatic nitrogens is 4. The summed E-state index contributed by atoms with van der Waals surface area (Å²) < 4.78 is 2.06. The first-order valence-electron chi connectivity index (χ1n) is 8.04. The van der Waals surface area contributed by atoms with Crippen LogP contribution in [0.5, 0.6) is 0 Å². The smallest absolute Gasteiger partial charge is 0.209 e. The fraction of sp³-hybridized carbons (Fsp3) is 0.929. The van der Waals surface area contributed by atoms with Gasteiger partial charge in [-0.15, -0.1) is 5.10 Å². The summed E-state index contributed by atoms with van der Waals surface area (Å²) in [5.74, 6) is 0. The maximum absolute atomic E-state index is 6.37. The van der Waals surface area contributed by atoms with Crippen molar-refractivity contribution in [1.82, 2.24) is 20.2 Å². The van der Waals surface area contributed by atoms with Crippen molar-refractivity contribution in [3.05, 3.63) is 0 Å². The molecule has 5 nitrogen and oxygen atoms in total. The molecule has 2 unspecified atom stereocenters. The van der Waals surface area contributed by atoms with Crippen LogP contribution in [-0.2, 0) is 0 Å². The van der Waals surface area contributed by atoms with E-state index in [0.717, 1.165) is 11.6 Å². The predicted octanol–water partition coefficient (Wildman–Crippen LogP) is 2.93. The van der Waals surface area contributed by atoms with Gasteiger partial charge in [0.15, 0.2) is 0 Å². The van der Waals surface area contributed by atoms with Gasteiger partial charge in [-0.25, -0.2) is 4.68 Å². The summed E-state index contributed by atoms with van der Waals surface area (Å²) in [7, 11) is 0. The van der Waals surface area contributed by atoms with Gasteiger partial charge in [0.1, 0.15) is 0 Å². The lowest BCUT2D eigenvalue weighted by molar-refractivity contribution is 0.420. The SMILES string of the molecule is NC1CCCCCCC1Sc1nnnn1C1CCCC1. The standard InChI is InChI=1S/C14H25N5S/c15-12-9-3-1-2-4-10-13(12)20-14-16-17-18-19(14)11-7-5-6-8-11/h11-13H,1-10,15H2. The van der Waals surface area contributed by atoms with Gasteiger partial charge in [-0.2, -0.15) is 0 Å². The van der Waals surface area contributed by atoms with Crippen LogP contribution in [-0.4, -0.2) is 31.5 Å². The maximum Gasteiger partial charge on any atom is 0.209 e. The van der Waals surface area contributed by atoms with Crippen molar-refractivity contribution >= 4 is 11.8 Å². The minimum atomic E-state index is 0.286. The zero-order chi connectivity index (χ0) is 13.8. The molecule has 0 bridgehead atoms. The van der Waals surface area contributed by atoms with Crippen LogP contribution >= 0.6 is 11.8 Å². The van der Waals surface area contributed by atoms with Gasteiger partial charge in [0.25, 0.3) is 0 Å². The first-order chi connectivity index (χ1) is 9.84. The molecule has 112 valence electrons. The van der Waals surface area contributed by atoms with Gasteiger partial charge < -0.3 is 5.73 Å². The Morgan fingerprint density at radius 1 is 0.950 bits per heavy atom. The Balaban J connectivity index is 1.68. The van der Waals surface area contributed by atoms with Crippen molar-refractivity contribution in [2.24, 2.45) is 5.73 Å². The molecule has 20 heavy (non-hydrogen) atoms. The normalized spacial score (nSPS) is 29.2. The van der Waals surface area contributed by atoms with E-state index >= 15 is 0 Å². The Morgan fingerprint density at radius 3 is 2.45 bits per heavy atom. The number of thioether (sulfide) groups is 1. The Kier molecular flexibility index (Phi) is 4.94. The van der Waals surface area contributed by atoms with Gasteiger partial charge >= 0.3 is 0 Å². The number of rotatable bonds is 3. The molecular weight excluding hydrogens is 270 g/mol. The van der Waals surface area contributed by atoms with Crippen LogP contribution in [0.25, 0.3) is 0 Å². The molecule has 0 aliphatic heterocycles. The van der Waals surface area contributed by atoms with E-state index < -0.39 is 0 Å². The van der Waals surface area contributed by atoms with E-state index in [9.17, 15) is 0 Å². The van der Waals surface area contributed by atoms with Crippen LogP contribution in [0, 0.1) is 0 Å². The third kappa shape index (κ3) is 3.34. The second-order valence-electron chi connectivity index (χ2n) is 6.16. The number of hydrogen-bond acceptors (Lipinski definition) is 5. The average molecular weight is 295 g/mol. The van der Waals surface area contributed by atoms with E-state index in [0.29, 0.717) is 11.3 Å². The zero-order valence-electron chi connectivity index (χ0n) is 12.1. The Labute approximate surface area is 125 Å². The largest absolute Gasteiger partial charge is 0.327 e. The molecule has 0 radical (unpaired) electrons. The molecule has 2 aliphatic carbocycles. The summed E-state index contributed by atoms with van der Waals surface area (Å²) in [4.78, 5) is 0. The Morgan fingerprint density at radius 2 is 1.65 bits per heavy atom. The van der Waals surface area contributed by atoms with Crippen LogP contribution < -0.4 is 5.73 Å². The monoisotopic (exact) mass is 295 g/mol. The molecule has 2 aliphatic rings. The second kappa shape index (κ2) is 6.89. The Hall–Kier alpha value is -0.620. The second-order valence-corrected chi connectivity index (χ2v) is 7.36. The van der Waals surface area contributed by atoms with Crippen LogP contribution in [0.1, 0.15) is 70.3 Å². The van der Waals surface area contributed by atoms with Gasteiger partial charge in [-0.1, -0.05) is 50.3 Å². The summed E-state index contributed by atoms with van der Waals surface area (Å²) in [6, 6.07) is 0.798. The predicted molar refractivity (Wildman–Crippen MR) is 80.6 cm³/mol. The summed E-state index contributed by atoms with van der Waals surface area (Å²) in [6.07, 6.45) is 12.6. The fourth-order valence-electron chi connectivity index (χ4n) is 3.40. The number of nitrogens with two attached hydrogens (primary N) is 1. The van der Waals surface area contributed by atoms with E-state index in [2.05, 4.69) is 20.2 Å². The number of tetrazole rings is 1. The molecule has 0 saturated heterocycles. The van der Waals surface area contributed by atoms with Crippen molar-refractivity contribution < 1.29 is 0 Å². The molecule has 3 rings (SSSR count). The molecule has 1 heterocycles. The molecule has 0 aromatic carbocycles. The molecule has 0 spiro atoms. The maximum atomic E-state index is 6.37. The molecule has 2 saturated carbocycles. The zero-order valence-corrected chi connectivity index (χ0v) is 12.9. The van der Waals surface area contributed by atoms with Crippen molar-refractivity contribution in [3.63, 3.8) is 0 Å². The van der Waals surface area contributed by atoms with Gasteiger partial charge in [0, 0.05) is 11.3 Å². The van der Waals surface area contributed by atoms with E-state index in [1.54, 1.807) is 0 Å². The van der Waals surface area contributed by atoms with Crippen molar-refractivity contribution in [2.45, 2.75) is 86.7 Å². The van der Waals surface area contributed by atoms with Crippen molar-refractivity contribution in [3.8, 4) is 0 Å². The minimum Gasteiger partial charge on any atom is -0.327 e. The minimum absolute atomic E-state index is 0.286. The molecule has 6 heteroatoms. The summed E-state index contributed by atoms with van der Waals surface area (Å²) in [6.45, 7) is 0. The molecule has 0 amide bonds. The van der Waals surface area contributed by atoms with Crippen LogP contribution in [0.3, 0.4) is 0 Å². The molecule has 1 aromatic rings. The highest BCUT2D eigenvalue weighted by Gasteiger charge is 2.26. The van der Waals surface area contributed by atoms with Gasteiger partial charge in [-0.05, 0) is 36.1 Å². The van der Waals surface area contributed by atoms with E-state index in [1.807, 2.05) is 11.8 Å². The summed E-state index contributed by atoms with van der Waals surface area (Å²) in [5.41, 5.74) is 6.37. The number of hydrogen-bond donors (Lipinski definition) is 1. The highest BCUT2D eigenvalue weighted by atomic mass is 32.2. The lowest BCUT2D eigenvalue weighted by Gasteiger charge is -2.25. The average Bonchev–Trinajstić information content (AvgIpc) is 3.08. The number of nitrogens with zero attached hydrogens (tertiary/aromatic N) is 4. The topological polar surface area (TPSA) is 69.6 Å². The molecule has 1 aromatic heterocycles. The lowest BCUT2D eigenvalue weighted by atomic mass is 9.97. The van der Waals surface area contributed by atoms with Gasteiger partial charge in [0.2, 0.25) is 5.16 Å². The van der Waals surface area contributed by atoms with Crippen molar-refractivity contribution in [1.29, 1.82) is 0 Å². The lowest BCUT2D eigenvalue weighted by Crippen LogP contribution is -2.33. The van der Waals surface area contributed by atoms with E-state index in [-0.39, 0.29) is 6.04 Å². The van der Waals surface area contributed by atoms with Crippen LogP contribution in [0.4, 0.5) is 0 Å². The van der Waals surface area contributed by atoms with Gasteiger partial charge in [0.05, 0.1) is 6.04 Å². The van der Waals surface area contributed by atoms with E-state index in [1.165, 1.54) is 57.8 Å². The highest BCUT2D eigenvalue weighted by molar-refractivity contribution is 7.99. The summed E-state index contributed by atoms with van der Waals surface area (Å²) in [5, 5.41) is 13.8. The Bertz CT molecular complexity index is 415. The molecular formula is C14H25N5S. The third-order valence-corrected chi connectivity index (χ3v) is 6.01. The van der Waals surface area contributed by atoms with Crippen molar-refractivity contribution in [2.75, 3.05) is 0 Å². The van der Waals surface area contributed by atoms with E-state index in [4.69, 9.17) is 5.73 Å². The summed E-state index contributed by atoms with van der Waals surface area (Å²) >= 11 is 1.82. The first kappa shape index (κ1) is 14.3. The quantitative estimate of drug-likeness (QED) is 0.928. The fourth-order valence-corrected chi connectivity index (χ4v) is 4.65. The van der Waals surface area contributed by atoms with Gasteiger partial charge in [-0.3, -0.25) is 0 Å². The highest BCUT2D eigenvalue weighted by Crippen LogP contribution is 2.35. The first-order valence-corrected chi connectivity index (χ1v) is 8.92. The third-order valence-electron chi connectivity index (χ3n) is 4.64. The van der Waals surface area contributed by atoms with Crippen LogP contribution in [0.2, 0.25) is 0 Å². The molecule has 2 atom stereocenters. The van der Waals surface area contributed by atoms with Crippen LogP contribution in [0.15, 0.2) is 5.16 Å². The molecule has 2 fully saturated rings.